The summed E-state index contributed by atoms with van der Waals surface area (Å²) in [5.41, 5.74) is 0.711. The topological polar surface area (TPSA) is 23.1 Å². The van der Waals surface area contributed by atoms with Gasteiger partial charge in [0.2, 0.25) is 0 Å². The minimum Gasteiger partial charge on any atom is -0.850 e. The first-order chi connectivity index (χ1) is 5.00. The molecule has 1 rings (SSSR count). The van der Waals surface area contributed by atoms with Crippen molar-refractivity contribution in [2.45, 2.75) is 45.6 Å². The molecule has 2 heteroatoms. The van der Waals surface area contributed by atoms with Gasteiger partial charge in [-0.05, 0) is 32.1 Å². The van der Waals surface area contributed by atoms with Gasteiger partial charge in [-0.15, -0.1) is 5.60 Å². The first-order valence-electron chi connectivity index (χ1n) is 4.36. The molecule has 0 radical (unpaired) electrons. The van der Waals surface area contributed by atoms with Gasteiger partial charge in [0.25, 0.3) is 0 Å². The van der Waals surface area contributed by atoms with Crippen LogP contribution in [0.1, 0.15) is 40.0 Å². The first kappa shape index (κ1) is 12.7. The van der Waals surface area contributed by atoms with E-state index < -0.39 is 5.60 Å². The van der Waals surface area contributed by atoms with E-state index >= 15 is 0 Å². The van der Waals surface area contributed by atoms with Crippen LogP contribution in [0.3, 0.4) is 0 Å². The maximum Gasteiger partial charge on any atom is 1.00 e. The molecular formula is C10H17NaO. The molecule has 1 nitrogen and oxygen atoms in total. The molecule has 0 N–H and O–H groups in total. The van der Waals surface area contributed by atoms with Gasteiger partial charge in [0.15, 0.2) is 0 Å². The Balaban J connectivity index is 0.00000121. The minimum atomic E-state index is -0.739. The summed E-state index contributed by atoms with van der Waals surface area (Å²) in [7, 11) is 0. The zero-order valence-corrected chi connectivity index (χ0v) is 10.7. The van der Waals surface area contributed by atoms with Gasteiger partial charge in [-0.25, -0.2) is 0 Å². The Morgan fingerprint density at radius 2 is 2.08 bits per heavy atom. The van der Waals surface area contributed by atoms with Crippen molar-refractivity contribution in [1.82, 2.24) is 0 Å². The summed E-state index contributed by atoms with van der Waals surface area (Å²) in [5, 5.41) is 11.5. The Kier molecular flexibility index (Phi) is 5.08. The molecule has 0 heterocycles. The smallest absolute Gasteiger partial charge is 0.850 e. The summed E-state index contributed by atoms with van der Waals surface area (Å²) in [6, 6.07) is 0. The summed E-state index contributed by atoms with van der Waals surface area (Å²) in [4.78, 5) is 0. The molecule has 0 saturated carbocycles. The fraction of sp³-hybridized carbons (Fsp3) is 0.800. The van der Waals surface area contributed by atoms with Gasteiger partial charge < -0.3 is 5.11 Å². The molecule has 0 aromatic heterocycles. The second-order valence-corrected chi connectivity index (χ2v) is 4.13. The Hall–Kier alpha value is 0.700. The SMILES string of the molecule is CC1=CCC(C(C)(C)[O-])CC1.[Na+]. The summed E-state index contributed by atoms with van der Waals surface area (Å²) in [6.45, 7) is 5.74. The van der Waals surface area contributed by atoms with Gasteiger partial charge in [-0.1, -0.05) is 25.5 Å². The van der Waals surface area contributed by atoms with Crippen LogP contribution in [-0.4, -0.2) is 5.60 Å². The van der Waals surface area contributed by atoms with E-state index in [1.807, 2.05) is 0 Å². The fourth-order valence-electron chi connectivity index (χ4n) is 1.60. The standard InChI is InChI=1S/C10H17O.Na/c1-8-4-6-9(7-5-8)10(2,3)11;/h4,9H,5-7H2,1-3H3;/q-1;+1. The van der Waals surface area contributed by atoms with Crippen molar-refractivity contribution in [2.24, 2.45) is 5.92 Å². The molecule has 0 bridgehead atoms. The van der Waals surface area contributed by atoms with E-state index in [0.717, 1.165) is 19.3 Å². The maximum atomic E-state index is 11.5. The predicted molar refractivity (Wildman–Crippen MR) is 45.2 cm³/mol. The van der Waals surface area contributed by atoms with Crippen LogP contribution in [0.2, 0.25) is 0 Å². The third-order valence-corrected chi connectivity index (χ3v) is 2.62. The molecule has 1 atom stereocenters. The second kappa shape index (κ2) is 4.80. The van der Waals surface area contributed by atoms with Gasteiger partial charge in [0.1, 0.15) is 0 Å². The molecule has 0 aromatic carbocycles. The molecule has 0 spiro atoms. The van der Waals surface area contributed by atoms with Crippen molar-refractivity contribution < 1.29 is 34.7 Å². The van der Waals surface area contributed by atoms with E-state index in [2.05, 4.69) is 13.0 Å². The molecular weight excluding hydrogens is 159 g/mol. The number of rotatable bonds is 1. The van der Waals surface area contributed by atoms with Crippen LogP contribution in [0.5, 0.6) is 0 Å². The van der Waals surface area contributed by atoms with Gasteiger partial charge in [0, 0.05) is 0 Å². The van der Waals surface area contributed by atoms with Crippen molar-refractivity contribution in [2.75, 3.05) is 0 Å². The van der Waals surface area contributed by atoms with E-state index in [0.29, 0.717) is 5.92 Å². The molecule has 1 aliphatic carbocycles. The van der Waals surface area contributed by atoms with Crippen LogP contribution in [0.4, 0.5) is 0 Å². The van der Waals surface area contributed by atoms with E-state index in [9.17, 15) is 5.11 Å². The van der Waals surface area contributed by atoms with E-state index in [1.54, 1.807) is 13.8 Å². The average molecular weight is 176 g/mol. The predicted octanol–water partition coefficient (Wildman–Crippen LogP) is -1.12. The van der Waals surface area contributed by atoms with Crippen molar-refractivity contribution in [3.8, 4) is 0 Å². The monoisotopic (exact) mass is 176 g/mol. The van der Waals surface area contributed by atoms with E-state index in [4.69, 9.17) is 0 Å². The van der Waals surface area contributed by atoms with E-state index in [-0.39, 0.29) is 29.6 Å². The number of allylic oxidation sites excluding steroid dienone is 2. The van der Waals surface area contributed by atoms with Crippen molar-refractivity contribution in [1.29, 1.82) is 0 Å². The van der Waals surface area contributed by atoms with Crippen LogP contribution in [-0.2, 0) is 0 Å². The van der Waals surface area contributed by atoms with Gasteiger partial charge >= 0.3 is 29.6 Å². The molecule has 1 aliphatic rings. The Bertz CT molecular complexity index is 167. The molecule has 0 fully saturated rings. The Morgan fingerprint density at radius 3 is 2.42 bits per heavy atom. The second-order valence-electron chi connectivity index (χ2n) is 4.13. The van der Waals surface area contributed by atoms with Crippen LogP contribution in [0.25, 0.3) is 0 Å². The maximum absolute atomic E-state index is 11.5. The largest absolute Gasteiger partial charge is 1.00 e. The van der Waals surface area contributed by atoms with Gasteiger partial charge in [-0.3, -0.25) is 0 Å². The van der Waals surface area contributed by atoms with Crippen molar-refractivity contribution >= 4 is 0 Å². The molecule has 0 aliphatic heterocycles. The Labute approximate surface area is 97.5 Å². The first-order valence-corrected chi connectivity index (χ1v) is 4.36. The minimum absolute atomic E-state index is 0. The molecule has 64 valence electrons. The van der Waals surface area contributed by atoms with Crippen LogP contribution < -0.4 is 34.7 Å². The third-order valence-electron chi connectivity index (χ3n) is 2.62. The summed E-state index contributed by atoms with van der Waals surface area (Å²) in [6.07, 6.45) is 5.41. The summed E-state index contributed by atoms with van der Waals surface area (Å²) < 4.78 is 0. The number of hydrogen-bond acceptors (Lipinski definition) is 1. The van der Waals surface area contributed by atoms with Gasteiger partial charge in [0.05, 0.1) is 0 Å². The average Bonchev–Trinajstić information content (AvgIpc) is 1.86. The summed E-state index contributed by atoms with van der Waals surface area (Å²) >= 11 is 0. The van der Waals surface area contributed by atoms with Crippen LogP contribution >= 0.6 is 0 Å². The normalized spacial score (nSPS) is 24.3. The fourth-order valence-corrected chi connectivity index (χ4v) is 1.60. The quantitative estimate of drug-likeness (QED) is 0.366. The van der Waals surface area contributed by atoms with Crippen LogP contribution in [0, 0.1) is 5.92 Å². The zero-order valence-electron chi connectivity index (χ0n) is 8.68. The number of hydrogen-bond donors (Lipinski definition) is 0. The summed E-state index contributed by atoms with van der Waals surface area (Å²) in [5.74, 6) is 0.353. The third kappa shape index (κ3) is 3.61. The van der Waals surface area contributed by atoms with E-state index in [1.165, 1.54) is 5.57 Å². The molecule has 0 aromatic rings. The van der Waals surface area contributed by atoms with Gasteiger partial charge in [-0.2, -0.15) is 0 Å². The Morgan fingerprint density at radius 1 is 1.50 bits per heavy atom. The molecule has 0 saturated heterocycles. The van der Waals surface area contributed by atoms with Crippen LogP contribution in [0.15, 0.2) is 11.6 Å². The molecule has 12 heavy (non-hydrogen) atoms. The van der Waals surface area contributed by atoms with Crippen molar-refractivity contribution in [3.63, 3.8) is 0 Å². The van der Waals surface area contributed by atoms with Crippen molar-refractivity contribution in [3.05, 3.63) is 11.6 Å². The molecule has 0 amide bonds. The zero-order chi connectivity index (χ0) is 8.48. The molecule has 1 unspecified atom stereocenters.